The lowest BCUT2D eigenvalue weighted by Gasteiger charge is -2.51. The molecule has 1 atom stereocenters. The molecule has 2 fully saturated rings. The molecule has 0 unspecified atom stereocenters. The molecule has 1 amide bonds. The zero-order valence-corrected chi connectivity index (χ0v) is 16.3. The molecule has 3 aliphatic rings. The van der Waals surface area contributed by atoms with Gasteiger partial charge in [0.2, 0.25) is 5.91 Å². The zero-order chi connectivity index (χ0) is 20.9. The van der Waals surface area contributed by atoms with Gasteiger partial charge in [-0.15, -0.1) is 0 Å². The highest BCUT2D eigenvalue weighted by atomic mass is 19.1. The highest BCUT2D eigenvalue weighted by molar-refractivity contribution is 6.00. The largest absolute Gasteiger partial charge is 0.381 e. The molecule has 5 rings (SSSR count). The van der Waals surface area contributed by atoms with Crippen LogP contribution in [0.2, 0.25) is 0 Å². The van der Waals surface area contributed by atoms with Crippen molar-refractivity contribution >= 4 is 23.2 Å². The summed E-state index contributed by atoms with van der Waals surface area (Å²) in [6, 6.07) is 8.74. The Morgan fingerprint density at radius 2 is 1.83 bits per heavy atom. The van der Waals surface area contributed by atoms with Crippen LogP contribution in [0.1, 0.15) is 30.4 Å². The first-order chi connectivity index (χ1) is 14.5. The number of carbonyl (C=O) groups excluding carboxylic acids is 1. The molecule has 2 aliphatic heterocycles. The van der Waals surface area contributed by atoms with E-state index in [1.807, 2.05) is 0 Å². The Labute approximate surface area is 172 Å². The van der Waals surface area contributed by atoms with Crippen LogP contribution in [0.25, 0.3) is 0 Å². The van der Waals surface area contributed by atoms with Gasteiger partial charge in [-0.1, -0.05) is 6.07 Å². The van der Waals surface area contributed by atoms with Crippen molar-refractivity contribution in [2.24, 2.45) is 0 Å². The fraction of sp³-hybridized carbons (Fsp3) is 0.364. The first-order valence-corrected chi connectivity index (χ1v) is 10.1. The third-order valence-electron chi connectivity index (χ3n) is 6.25. The summed E-state index contributed by atoms with van der Waals surface area (Å²) >= 11 is 0. The van der Waals surface area contributed by atoms with E-state index in [0.717, 1.165) is 24.0 Å². The standard InChI is InChI=1S/C22H22F2N4O2/c23-13-1-3-14(4-2-13)26-20-16-11-22(17(16)5-6-18(20)24)12-19(29)28(21(25)27-22)15-7-9-30-10-8-15/h1-6,15,26H,7-12H2,(H2,25,27)/t22-/m0/s1. The van der Waals surface area contributed by atoms with Gasteiger partial charge < -0.3 is 15.4 Å². The van der Waals surface area contributed by atoms with Crippen molar-refractivity contribution in [1.29, 1.82) is 5.41 Å². The molecule has 30 heavy (non-hydrogen) atoms. The van der Waals surface area contributed by atoms with Crippen molar-refractivity contribution in [1.82, 2.24) is 10.2 Å². The Hall–Kier alpha value is -3.00. The number of rotatable bonds is 3. The molecule has 6 nitrogen and oxygen atoms in total. The molecule has 8 heteroatoms. The summed E-state index contributed by atoms with van der Waals surface area (Å²) in [7, 11) is 0. The fourth-order valence-electron chi connectivity index (χ4n) is 4.75. The summed E-state index contributed by atoms with van der Waals surface area (Å²) in [5.41, 5.74) is 1.82. The minimum absolute atomic E-state index is 0.0212. The quantitative estimate of drug-likeness (QED) is 0.722. The molecular weight excluding hydrogens is 390 g/mol. The van der Waals surface area contributed by atoms with Crippen molar-refractivity contribution < 1.29 is 18.3 Å². The monoisotopic (exact) mass is 412 g/mol. The Kier molecular flexibility index (Phi) is 4.47. The predicted octanol–water partition coefficient (Wildman–Crippen LogP) is 3.40. The lowest BCUT2D eigenvalue weighted by atomic mass is 9.66. The van der Waals surface area contributed by atoms with E-state index >= 15 is 0 Å². The van der Waals surface area contributed by atoms with Crippen molar-refractivity contribution in [2.75, 3.05) is 18.5 Å². The van der Waals surface area contributed by atoms with Gasteiger partial charge in [-0.25, -0.2) is 8.78 Å². The highest BCUT2D eigenvalue weighted by Crippen LogP contribution is 2.48. The van der Waals surface area contributed by atoms with E-state index in [0.29, 0.717) is 31.0 Å². The van der Waals surface area contributed by atoms with Crippen LogP contribution in [-0.4, -0.2) is 36.0 Å². The second kappa shape index (κ2) is 7.05. The van der Waals surface area contributed by atoms with E-state index in [9.17, 15) is 13.6 Å². The van der Waals surface area contributed by atoms with Crippen LogP contribution in [0, 0.1) is 17.0 Å². The first-order valence-electron chi connectivity index (χ1n) is 10.1. The van der Waals surface area contributed by atoms with Crippen molar-refractivity contribution in [2.45, 2.75) is 37.3 Å². The summed E-state index contributed by atoms with van der Waals surface area (Å²) in [4.78, 5) is 14.5. The van der Waals surface area contributed by atoms with E-state index in [-0.39, 0.29) is 30.1 Å². The van der Waals surface area contributed by atoms with E-state index < -0.39 is 11.4 Å². The number of nitrogens with zero attached hydrogens (tertiary/aromatic N) is 1. The molecule has 2 aromatic carbocycles. The average Bonchev–Trinajstić information content (AvgIpc) is 2.72. The number of amides is 1. The second-order valence-electron chi connectivity index (χ2n) is 8.10. The van der Waals surface area contributed by atoms with Crippen LogP contribution in [0.15, 0.2) is 36.4 Å². The Balaban J connectivity index is 1.40. The van der Waals surface area contributed by atoms with Crippen LogP contribution in [0.4, 0.5) is 20.2 Å². The molecule has 0 radical (unpaired) electrons. The van der Waals surface area contributed by atoms with Crippen LogP contribution in [0.5, 0.6) is 0 Å². The number of benzene rings is 2. The molecule has 1 spiro atoms. The van der Waals surface area contributed by atoms with E-state index in [4.69, 9.17) is 10.1 Å². The number of fused-ring (bicyclic) bond motifs is 2. The smallest absolute Gasteiger partial charge is 0.232 e. The van der Waals surface area contributed by atoms with E-state index in [2.05, 4.69) is 10.6 Å². The molecule has 156 valence electrons. The minimum Gasteiger partial charge on any atom is -0.381 e. The SMILES string of the molecule is N=C1N[C@]2(CC(=O)N1C1CCOCC1)Cc1c2ccc(F)c1Nc1ccc(F)cc1. The highest BCUT2D eigenvalue weighted by Gasteiger charge is 2.52. The molecular formula is C22H22F2N4O2. The third-order valence-corrected chi connectivity index (χ3v) is 6.25. The Morgan fingerprint density at radius 1 is 1.10 bits per heavy atom. The third kappa shape index (κ3) is 3.02. The van der Waals surface area contributed by atoms with Crippen LogP contribution >= 0.6 is 0 Å². The van der Waals surface area contributed by atoms with Crippen LogP contribution in [0.3, 0.4) is 0 Å². The van der Waals surface area contributed by atoms with Crippen LogP contribution in [-0.2, 0) is 21.5 Å². The molecule has 0 bridgehead atoms. The van der Waals surface area contributed by atoms with Crippen LogP contribution < -0.4 is 10.6 Å². The summed E-state index contributed by atoms with van der Waals surface area (Å²) in [6.07, 6.45) is 2.09. The number of guanidine groups is 1. The number of hydrogen-bond donors (Lipinski definition) is 3. The molecule has 2 aromatic rings. The van der Waals surface area contributed by atoms with Gasteiger partial charge in [0.15, 0.2) is 5.96 Å². The normalized spacial score (nSPS) is 23.7. The lowest BCUT2D eigenvalue weighted by molar-refractivity contribution is -0.134. The summed E-state index contributed by atoms with van der Waals surface area (Å²) in [5.74, 6) is -0.762. The maximum atomic E-state index is 14.6. The average molecular weight is 412 g/mol. The molecule has 0 aromatic heterocycles. The lowest BCUT2D eigenvalue weighted by Crippen LogP contribution is -2.66. The maximum Gasteiger partial charge on any atom is 0.232 e. The van der Waals surface area contributed by atoms with Gasteiger partial charge in [-0.2, -0.15) is 0 Å². The van der Waals surface area contributed by atoms with E-state index in [1.54, 1.807) is 23.1 Å². The fourth-order valence-corrected chi connectivity index (χ4v) is 4.75. The first kappa shape index (κ1) is 19.0. The van der Waals surface area contributed by atoms with Gasteiger partial charge in [0.1, 0.15) is 11.6 Å². The molecule has 2 saturated heterocycles. The van der Waals surface area contributed by atoms with Gasteiger partial charge in [0, 0.05) is 31.4 Å². The van der Waals surface area contributed by atoms with Gasteiger partial charge in [0.25, 0.3) is 0 Å². The van der Waals surface area contributed by atoms with Crippen molar-refractivity contribution in [3.8, 4) is 0 Å². The summed E-state index contributed by atoms with van der Waals surface area (Å²) in [6.45, 7) is 1.18. The number of hydrogen-bond acceptors (Lipinski definition) is 4. The number of anilines is 2. The number of ether oxygens (including phenoxy) is 1. The van der Waals surface area contributed by atoms with Gasteiger partial charge in [-0.3, -0.25) is 15.1 Å². The van der Waals surface area contributed by atoms with Crippen molar-refractivity contribution in [3.05, 3.63) is 59.2 Å². The molecule has 2 heterocycles. The van der Waals surface area contributed by atoms with E-state index in [1.165, 1.54) is 18.2 Å². The minimum atomic E-state index is -0.682. The molecule has 1 aliphatic carbocycles. The van der Waals surface area contributed by atoms with Gasteiger partial charge in [0.05, 0.1) is 17.6 Å². The number of carbonyl (C=O) groups is 1. The molecule has 0 saturated carbocycles. The van der Waals surface area contributed by atoms with Gasteiger partial charge >= 0.3 is 0 Å². The van der Waals surface area contributed by atoms with Gasteiger partial charge in [-0.05, 0) is 54.3 Å². The second-order valence-corrected chi connectivity index (χ2v) is 8.10. The summed E-state index contributed by atoms with van der Waals surface area (Å²) in [5, 5.41) is 14.7. The number of halogens is 2. The Morgan fingerprint density at radius 3 is 2.53 bits per heavy atom. The zero-order valence-electron chi connectivity index (χ0n) is 16.3. The molecule has 3 N–H and O–H groups in total. The maximum absolute atomic E-state index is 14.6. The Bertz CT molecular complexity index is 1000. The summed E-state index contributed by atoms with van der Waals surface area (Å²) < 4.78 is 33.1. The number of nitrogens with one attached hydrogen (secondary N) is 3. The van der Waals surface area contributed by atoms with Crippen molar-refractivity contribution in [3.63, 3.8) is 0 Å². The topological polar surface area (TPSA) is 77.5 Å². The predicted molar refractivity (Wildman–Crippen MR) is 108 cm³/mol.